The highest BCUT2D eigenvalue weighted by molar-refractivity contribution is 7.15. The zero-order valence-electron chi connectivity index (χ0n) is 14.2. The van der Waals surface area contributed by atoms with Gasteiger partial charge in [-0.25, -0.2) is 0 Å². The van der Waals surface area contributed by atoms with Gasteiger partial charge in [0.1, 0.15) is 0 Å². The standard InChI is InChI=1S/C18H20N2O3S/c1-11-5-6-12(2)14(9-11)19-17(22)10-20(4)18(23)16-8-7-15(24-16)13(3)21/h5-9H,10H2,1-4H3,(H,19,22). The number of amides is 2. The maximum atomic E-state index is 12.3. The van der Waals surface area contributed by atoms with Crippen LogP contribution in [0.1, 0.15) is 37.4 Å². The van der Waals surface area contributed by atoms with E-state index in [1.807, 2.05) is 32.0 Å². The van der Waals surface area contributed by atoms with Crippen molar-refractivity contribution in [2.45, 2.75) is 20.8 Å². The molecule has 0 saturated carbocycles. The number of rotatable bonds is 5. The number of nitrogens with one attached hydrogen (secondary N) is 1. The molecule has 1 N–H and O–H groups in total. The highest BCUT2D eigenvalue weighted by atomic mass is 32.1. The first-order valence-corrected chi connectivity index (χ1v) is 8.33. The van der Waals surface area contributed by atoms with E-state index in [-0.39, 0.29) is 24.1 Å². The Morgan fingerprint density at radius 2 is 1.75 bits per heavy atom. The van der Waals surface area contributed by atoms with Crippen molar-refractivity contribution in [2.75, 3.05) is 18.9 Å². The molecule has 2 aromatic rings. The molecule has 0 fully saturated rings. The van der Waals surface area contributed by atoms with Crippen LogP contribution in [-0.4, -0.2) is 36.1 Å². The third kappa shape index (κ3) is 4.29. The predicted molar refractivity (Wildman–Crippen MR) is 95.8 cm³/mol. The van der Waals surface area contributed by atoms with Crippen LogP contribution in [0.15, 0.2) is 30.3 Å². The molecule has 0 aliphatic heterocycles. The number of benzene rings is 1. The van der Waals surface area contributed by atoms with E-state index in [0.29, 0.717) is 9.75 Å². The molecule has 1 aromatic carbocycles. The van der Waals surface area contributed by atoms with Gasteiger partial charge in [-0.2, -0.15) is 0 Å². The molecule has 0 spiro atoms. The fourth-order valence-electron chi connectivity index (χ4n) is 2.18. The summed E-state index contributed by atoms with van der Waals surface area (Å²) in [6.45, 7) is 5.27. The lowest BCUT2D eigenvalue weighted by atomic mass is 10.1. The van der Waals surface area contributed by atoms with E-state index in [2.05, 4.69) is 5.32 Å². The van der Waals surface area contributed by atoms with Crippen molar-refractivity contribution in [3.8, 4) is 0 Å². The van der Waals surface area contributed by atoms with Crippen molar-refractivity contribution in [2.24, 2.45) is 0 Å². The summed E-state index contributed by atoms with van der Waals surface area (Å²) >= 11 is 1.14. The van der Waals surface area contributed by atoms with Crippen LogP contribution < -0.4 is 5.32 Å². The topological polar surface area (TPSA) is 66.5 Å². The van der Waals surface area contributed by atoms with Gasteiger partial charge in [0.25, 0.3) is 5.91 Å². The normalized spacial score (nSPS) is 10.3. The maximum absolute atomic E-state index is 12.3. The van der Waals surface area contributed by atoms with Crippen LogP contribution in [0.3, 0.4) is 0 Å². The molecule has 24 heavy (non-hydrogen) atoms. The molecule has 6 heteroatoms. The molecule has 0 atom stereocenters. The van der Waals surface area contributed by atoms with Gasteiger partial charge in [-0.05, 0) is 50.1 Å². The van der Waals surface area contributed by atoms with Crippen molar-refractivity contribution >= 4 is 34.6 Å². The summed E-state index contributed by atoms with van der Waals surface area (Å²) in [5.41, 5.74) is 2.76. The Bertz CT molecular complexity index is 795. The van der Waals surface area contributed by atoms with E-state index >= 15 is 0 Å². The summed E-state index contributed by atoms with van der Waals surface area (Å²) in [5, 5.41) is 2.83. The Hall–Kier alpha value is -2.47. The minimum absolute atomic E-state index is 0.0560. The lowest BCUT2D eigenvalue weighted by Crippen LogP contribution is -2.34. The van der Waals surface area contributed by atoms with E-state index in [4.69, 9.17) is 0 Å². The Balaban J connectivity index is 2.01. The quantitative estimate of drug-likeness (QED) is 0.847. The lowest BCUT2D eigenvalue weighted by molar-refractivity contribution is -0.116. The summed E-state index contributed by atoms with van der Waals surface area (Å²) in [6, 6.07) is 9.05. The van der Waals surface area contributed by atoms with Gasteiger partial charge in [0.15, 0.2) is 5.78 Å². The summed E-state index contributed by atoms with van der Waals surface area (Å²) in [4.78, 5) is 38.2. The SMILES string of the molecule is CC(=O)c1ccc(C(=O)N(C)CC(=O)Nc2cc(C)ccc2C)s1. The number of carbonyl (C=O) groups excluding carboxylic acids is 3. The lowest BCUT2D eigenvalue weighted by Gasteiger charge is -2.16. The monoisotopic (exact) mass is 344 g/mol. The first-order valence-electron chi connectivity index (χ1n) is 7.51. The van der Waals surface area contributed by atoms with Crippen molar-refractivity contribution in [3.63, 3.8) is 0 Å². The molecule has 2 rings (SSSR count). The van der Waals surface area contributed by atoms with Gasteiger partial charge in [0.05, 0.1) is 16.3 Å². The zero-order chi connectivity index (χ0) is 17.9. The van der Waals surface area contributed by atoms with Crippen LogP contribution in [-0.2, 0) is 4.79 Å². The Morgan fingerprint density at radius 1 is 1.08 bits per heavy atom. The Kier molecular flexibility index (Phi) is 5.51. The van der Waals surface area contributed by atoms with Crippen LogP contribution in [0.4, 0.5) is 5.69 Å². The molecule has 0 aliphatic rings. The van der Waals surface area contributed by atoms with Crippen molar-refractivity contribution < 1.29 is 14.4 Å². The van der Waals surface area contributed by atoms with Gasteiger partial charge >= 0.3 is 0 Å². The number of anilines is 1. The molecule has 0 saturated heterocycles. The van der Waals surface area contributed by atoms with Crippen LogP contribution >= 0.6 is 11.3 Å². The zero-order valence-corrected chi connectivity index (χ0v) is 15.0. The number of hydrogen-bond donors (Lipinski definition) is 1. The van der Waals surface area contributed by atoms with E-state index in [1.165, 1.54) is 11.8 Å². The Labute approximate surface area is 145 Å². The van der Waals surface area contributed by atoms with Crippen LogP contribution in [0.25, 0.3) is 0 Å². The van der Waals surface area contributed by atoms with Gasteiger partial charge in [-0.1, -0.05) is 12.1 Å². The summed E-state index contributed by atoms with van der Waals surface area (Å²) in [7, 11) is 1.57. The predicted octanol–water partition coefficient (Wildman–Crippen LogP) is 3.28. The second-order valence-electron chi connectivity index (χ2n) is 5.75. The van der Waals surface area contributed by atoms with E-state index < -0.39 is 0 Å². The third-order valence-corrected chi connectivity index (χ3v) is 4.73. The molecule has 0 unspecified atom stereocenters. The first-order chi connectivity index (χ1) is 11.3. The fourth-order valence-corrected chi connectivity index (χ4v) is 3.07. The van der Waals surface area contributed by atoms with Gasteiger partial charge in [-0.15, -0.1) is 11.3 Å². The molecule has 1 heterocycles. The first kappa shape index (κ1) is 17.9. The minimum Gasteiger partial charge on any atom is -0.332 e. The number of ketones is 1. The number of nitrogens with zero attached hydrogens (tertiary/aromatic N) is 1. The number of hydrogen-bond acceptors (Lipinski definition) is 4. The van der Waals surface area contributed by atoms with Gasteiger partial charge < -0.3 is 10.2 Å². The van der Waals surface area contributed by atoms with Gasteiger partial charge in [-0.3, -0.25) is 14.4 Å². The molecular weight excluding hydrogens is 324 g/mol. The Morgan fingerprint density at radius 3 is 2.38 bits per heavy atom. The average molecular weight is 344 g/mol. The van der Waals surface area contributed by atoms with Crippen molar-refractivity contribution in [1.82, 2.24) is 4.90 Å². The van der Waals surface area contributed by atoms with Crippen molar-refractivity contribution in [3.05, 3.63) is 51.2 Å². The summed E-state index contributed by atoms with van der Waals surface area (Å²) < 4.78 is 0. The molecule has 5 nitrogen and oxygen atoms in total. The molecule has 0 aliphatic carbocycles. The van der Waals surface area contributed by atoms with Gasteiger partial charge in [0.2, 0.25) is 5.91 Å². The molecule has 1 aromatic heterocycles. The minimum atomic E-state index is -0.274. The molecule has 0 radical (unpaired) electrons. The van der Waals surface area contributed by atoms with Crippen LogP contribution in [0.2, 0.25) is 0 Å². The molecule has 0 bridgehead atoms. The third-order valence-electron chi connectivity index (χ3n) is 3.56. The number of thiophene rings is 1. The van der Waals surface area contributed by atoms with E-state index in [0.717, 1.165) is 28.2 Å². The van der Waals surface area contributed by atoms with Crippen LogP contribution in [0.5, 0.6) is 0 Å². The van der Waals surface area contributed by atoms with E-state index in [9.17, 15) is 14.4 Å². The second kappa shape index (κ2) is 7.40. The second-order valence-corrected chi connectivity index (χ2v) is 6.83. The summed E-state index contributed by atoms with van der Waals surface area (Å²) in [6.07, 6.45) is 0. The highest BCUT2D eigenvalue weighted by Crippen LogP contribution is 2.19. The molecule has 126 valence electrons. The number of carbonyl (C=O) groups is 3. The maximum Gasteiger partial charge on any atom is 0.264 e. The van der Waals surface area contributed by atoms with Crippen molar-refractivity contribution in [1.29, 1.82) is 0 Å². The smallest absolute Gasteiger partial charge is 0.264 e. The fraction of sp³-hybridized carbons (Fsp3) is 0.278. The van der Waals surface area contributed by atoms with E-state index in [1.54, 1.807) is 19.2 Å². The number of aryl methyl sites for hydroxylation is 2. The number of likely N-dealkylation sites (N-methyl/N-ethyl adjacent to an activating group) is 1. The summed E-state index contributed by atoms with van der Waals surface area (Å²) in [5.74, 6) is -0.610. The highest BCUT2D eigenvalue weighted by Gasteiger charge is 2.18. The molecular formula is C18H20N2O3S. The average Bonchev–Trinajstić information content (AvgIpc) is 3.00. The number of Topliss-reactive ketones (excluding diaryl/α,β-unsaturated/α-hetero) is 1. The molecule has 2 amide bonds. The van der Waals surface area contributed by atoms with Crippen LogP contribution in [0, 0.1) is 13.8 Å². The largest absolute Gasteiger partial charge is 0.332 e. The van der Waals surface area contributed by atoms with Gasteiger partial charge in [0, 0.05) is 12.7 Å².